The first-order chi connectivity index (χ1) is 12.2. The molecule has 0 saturated heterocycles. The van der Waals surface area contributed by atoms with E-state index in [-0.39, 0.29) is 0 Å². The number of para-hydroxylation sites is 3. The molecule has 1 N–H and O–H groups in total. The van der Waals surface area contributed by atoms with Crippen LogP contribution < -0.4 is 14.8 Å². The molecule has 0 atom stereocenters. The van der Waals surface area contributed by atoms with Crippen molar-refractivity contribution in [1.29, 1.82) is 0 Å². The van der Waals surface area contributed by atoms with E-state index >= 15 is 0 Å². The molecule has 136 valence electrons. The number of ether oxygens (including phenoxy) is 3. The Morgan fingerprint density at radius 3 is 2.36 bits per heavy atom. The average Bonchev–Trinajstić information content (AvgIpc) is 2.63. The van der Waals surface area contributed by atoms with Crippen LogP contribution in [0.2, 0.25) is 0 Å². The second-order valence-electron chi connectivity index (χ2n) is 6.21. The maximum absolute atomic E-state index is 5.92. The molecule has 0 heterocycles. The average molecular weight is 343 g/mol. The van der Waals surface area contributed by atoms with Crippen molar-refractivity contribution in [1.82, 2.24) is 0 Å². The molecule has 0 aromatic heterocycles. The van der Waals surface area contributed by atoms with Crippen LogP contribution in [0.1, 0.15) is 26.3 Å². The van der Waals surface area contributed by atoms with Gasteiger partial charge < -0.3 is 19.5 Å². The van der Waals surface area contributed by atoms with E-state index in [1.165, 1.54) is 0 Å². The van der Waals surface area contributed by atoms with Gasteiger partial charge in [0, 0.05) is 18.7 Å². The molecule has 0 aliphatic rings. The van der Waals surface area contributed by atoms with E-state index in [2.05, 4.69) is 25.2 Å². The monoisotopic (exact) mass is 343 g/mol. The molecular weight excluding hydrogens is 314 g/mol. The fourth-order valence-electron chi connectivity index (χ4n) is 2.33. The van der Waals surface area contributed by atoms with Gasteiger partial charge in [-0.25, -0.2) is 0 Å². The smallest absolute Gasteiger partial charge is 0.142 e. The third-order valence-electron chi connectivity index (χ3n) is 3.59. The second kappa shape index (κ2) is 10.6. The first-order valence-electron chi connectivity index (χ1n) is 8.94. The molecule has 0 fully saturated rings. The Hall–Kier alpha value is -2.20. The third-order valence-corrected chi connectivity index (χ3v) is 3.59. The Bertz CT molecular complexity index is 628. The van der Waals surface area contributed by atoms with E-state index in [9.17, 15) is 0 Å². The molecule has 0 aliphatic heterocycles. The van der Waals surface area contributed by atoms with Crippen molar-refractivity contribution in [2.24, 2.45) is 5.92 Å². The van der Waals surface area contributed by atoms with Gasteiger partial charge in [0.2, 0.25) is 0 Å². The molecule has 4 heteroatoms. The van der Waals surface area contributed by atoms with Gasteiger partial charge in [-0.1, -0.05) is 44.2 Å². The standard InChI is InChI=1S/C21H29NO3/c1-4-23-13-14-24-21-12-8-6-10-19(21)22-15-18-9-5-7-11-20(18)25-16-17(2)3/h5-12,17,22H,4,13-16H2,1-3H3. The first kappa shape index (κ1) is 19.1. The minimum atomic E-state index is 0.500. The molecule has 0 unspecified atom stereocenters. The molecule has 4 nitrogen and oxygen atoms in total. The van der Waals surface area contributed by atoms with Gasteiger partial charge in [-0.05, 0) is 31.0 Å². The zero-order valence-electron chi connectivity index (χ0n) is 15.5. The van der Waals surface area contributed by atoms with Gasteiger partial charge in [-0.2, -0.15) is 0 Å². The summed E-state index contributed by atoms with van der Waals surface area (Å²) >= 11 is 0. The highest BCUT2D eigenvalue weighted by Crippen LogP contribution is 2.26. The summed E-state index contributed by atoms with van der Waals surface area (Å²) in [5, 5.41) is 3.45. The molecule has 0 radical (unpaired) electrons. The Kier molecular flexibility index (Phi) is 8.13. The highest BCUT2D eigenvalue weighted by Gasteiger charge is 2.07. The largest absolute Gasteiger partial charge is 0.493 e. The molecule has 0 amide bonds. The SMILES string of the molecule is CCOCCOc1ccccc1NCc1ccccc1OCC(C)C. The van der Waals surface area contributed by atoms with Crippen LogP contribution in [0.4, 0.5) is 5.69 Å². The van der Waals surface area contributed by atoms with Crippen LogP contribution >= 0.6 is 0 Å². The van der Waals surface area contributed by atoms with Crippen LogP contribution in [0, 0.1) is 5.92 Å². The molecule has 25 heavy (non-hydrogen) atoms. The van der Waals surface area contributed by atoms with Crippen LogP contribution in [-0.2, 0) is 11.3 Å². The normalized spacial score (nSPS) is 10.7. The quantitative estimate of drug-likeness (QED) is 0.598. The summed E-state index contributed by atoms with van der Waals surface area (Å²) in [5.41, 5.74) is 2.10. The van der Waals surface area contributed by atoms with E-state index in [0.717, 1.165) is 22.7 Å². The van der Waals surface area contributed by atoms with Crippen molar-refractivity contribution >= 4 is 5.69 Å². The summed E-state index contributed by atoms with van der Waals surface area (Å²) in [7, 11) is 0. The van der Waals surface area contributed by atoms with Crippen molar-refractivity contribution in [3.8, 4) is 11.5 Å². The molecule has 0 aliphatic carbocycles. The van der Waals surface area contributed by atoms with Crippen LogP contribution in [0.25, 0.3) is 0 Å². The van der Waals surface area contributed by atoms with Crippen molar-refractivity contribution in [2.45, 2.75) is 27.3 Å². The van der Waals surface area contributed by atoms with Crippen LogP contribution in [0.15, 0.2) is 48.5 Å². The minimum Gasteiger partial charge on any atom is -0.493 e. The minimum absolute atomic E-state index is 0.500. The fourth-order valence-corrected chi connectivity index (χ4v) is 2.33. The zero-order valence-corrected chi connectivity index (χ0v) is 15.5. The molecule has 2 aromatic carbocycles. The summed E-state index contributed by atoms with van der Waals surface area (Å²) < 4.78 is 17.1. The van der Waals surface area contributed by atoms with Crippen molar-refractivity contribution in [3.63, 3.8) is 0 Å². The number of benzene rings is 2. The highest BCUT2D eigenvalue weighted by molar-refractivity contribution is 5.56. The van der Waals surface area contributed by atoms with Gasteiger partial charge in [0.25, 0.3) is 0 Å². The van der Waals surface area contributed by atoms with Gasteiger partial charge in [0.1, 0.15) is 18.1 Å². The summed E-state index contributed by atoms with van der Waals surface area (Å²) in [6.45, 7) is 9.52. The Morgan fingerprint density at radius 1 is 0.880 bits per heavy atom. The van der Waals surface area contributed by atoms with Crippen LogP contribution in [-0.4, -0.2) is 26.4 Å². The second-order valence-corrected chi connectivity index (χ2v) is 6.21. The van der Waals surface area contributed by atoms with Gasteiger partial charge in [0.15, 0.2) is 0 Å². The third kappa shape index (κ3) is 6.67. The van der Waals surface area contributed by atoms with Crippen molar-refractivity contribution < 1.29 is 14.2 Å². The zero-order chi connectivity index (χ0) is 17.9. The number of hydrogen-bond donors (Lipinski definition) is 1. The number of anilines is 1. The lowest BCUT2D eigenvalue weighted by Crippen LogP contribution is -2.10. The molecule has 0 saturated carbocycles. The summed E-state index contributed by atoms with van der Waals surface area (Å²) in [4.78, 5) is 0. The van der Waals surface area contributed by atoms with E-state index in [1.54, 1.807) is 0 Å². The lowest BCUT2D eigenvalue weighted by molar-refractivity contribution is 0.110. The summed E-state index contributed by atoms with van der Waals surface area (Å²) in [6.07, 6.45) is 0. The molecule has 2 aromatic rings. The summed E-state index contributed by atoms with van der Waals surface area (Å²) in [6, 6.07) is 16.1. The molecular formula is C21H29NO3. The van der Waals surface area contributed by atoms with Gasteiger partial charge in [0.05, 0.1) is 18.9 Å². The first-order valence-corrected chi connectivity index (χ1v) is 8.94. The Labute approximate surface area is 151 Å². The number of nitrogens with one attached hydrogen (secondary N) is 1. The van der Waals surface area contributed by atoms with E-state index < -0.39 is 0 Å². The van der Waals surface area contributed by atoms with E-state index in [0.29, 0.717) is 38.9 Å². The van der Waals surface area contributed by atoms with Crippen molar-refractivity contribution in [2.75, 3.05) is 31.7 Å². The van der Waals surface area contributed by atoms with E-state index in [4.69, 9.17) is 14.2 Å². The lowest BCUT2D eigenvalue weighted by Gasteiger charge is -2.16. The maximum atomic E-state index is 5.92. The van der Waals surface area contributed by atoms with Crippen LogP contribution in [0.3, 0.4) is 0 Å². The van der Waals surface area contributed by atoms with Gasteiger partial charge in [-0.15, -0.1) is 0 Å². The Balaban J connectivity index is 1.97. The predicted octanol–water partition coefficient (Wildman–Crippen LogP) is 4.75. The van der Waals surface area contributed by atoms with E-state index in [1.807, 2.05) is 49.4 Å². The molecule has 0 spiro atoms. The lowest BCUT2D eigenvalue weighted by atomic mass is 10.2. The van der Waals surface area contributed by atoms with Gasteiger partial charge >= 0.3 is 0 Å². The highest BCUT2D eigenvalue weighted by atomic mass is 16.5. The van der Waals surface area contributed by atoms with Gasteiger partial charge in [-0.3, -0.25) is 0 Å². The summed E-state index contributed by atoms with van der Waals surface area (Å²) in [5.74, 6) is 2.27. The fraction of sp³-hybridized carbons (Fsp3) is 0.429. The Morgan fingerprint density at radius 2 is 1.60 bits per heavy atom. The molecule has 0 bridgehead atoms. The van der Waals surface area contributed by atoms with Crippen molar-refractivity contribution in [3.05, 3.63) is 54.1 Å². The maximum Gasteiger partial charge on any atom is 0.142 e. The predicted molar refractivity (Wildman–Crippen MR) is 103 cm³/mol. The topological polar surface area (TPSA) is 39.7 Å². The van der Waals surface area contributed by atoms with Crippen LogP contribution in [0.5, 0.6) is 11.5 Å². The number of rotatable bonds is 11. The molecule has 2 rings (SSSR count). The number of hydrogen-bond acceptors (Lipinski definition) is 4.